The van der Waals surface area contributed by atoms with Crippen LogP contribution in [0.4, 0.5) is 0 Å². The predicted molar refractivity (Wildman–Crippen MR) is 73.1 cm³/mol. The van der Waals surface area contributed by atoms with Crippen molar-refractivity contribution in [1.82, 2.24) is 20.3 Å². The Morgan fingerprint density at radius 1 is 1.21 bits per heavy atom. The van der Waals surface area contributed by atoms with Crippen molar-refractivity contribution in [2.45, 2.75) is 26.8 Å². The van der Waals surface area contributed by atoms with E-state index in [0.717, 1.165) is 5.69 Å². The fourth-order valence-corrected chi connectivity index (χ4v) is 1.52. The summed E-state index contributed by atoms with van der Waals surface area (Å²) in [5.41, 5.74) is 1.21. The standard InChI is InChI=1S/C14H18N4O/c1-10(2)11(3)15-14(19)13-9-18(17-16-13)12-7-5-4-6-8-12/h4-11H,1-3H3,(H,15,19)/t11-/m0/s1. The average Bonchev–Trinajstić information content (AvgIpc) is 2.89. The molecule has 0 radical (unpaired) electrons. The molecule has 0 aliphatic heterocycles. The lowest BCUT2D eigenvalue weighted by molar-refractivity contribution is 0.0925. The van der Waals surface area contributed by atoms with Gasteiger partial charge in [0.15, 0.2) is 5.69 Å². The molecule has 1 heterocycles. The van der Waals surface area contributed by atoms with Gasteiger partial charge in [0.25, 0.3) is 5.91 Å². The largest absolute Gasteiger partial charge is 0.348 e. The molecule has 0 saturated heterocycles. The summed E-state index contributed by atoms with van der Waals surface area (Å²) >= 11 is 0. The number of rotatable bonds is 4. The molecule has 0 saturated carbocycles. The molecular weight excluding hydrogens is 240 g/mol. The highest BCUT2D eigenvalue weighted by Crippen LogP contribution is 2.06. The van der Waals surface area contributed by atoms with E-state index in [1.807, 2.05) is 37.3 Å². The zero-order valence-electron chi connectivity index (χ0n) is 11.4. The summed E-state index contributed by atoms with van der Waals surface area (Å²) in [4.78, 5) is 12.0. The number of benzene rings is 1. The number of aromatic nitrogens is 3. The Kier molecular flexibility index (Phi) is 3.94. The van der Waals surface area contributed by atoms with Gasteiger partial charge < -0.3 is 5.32 Å². The summed E-state index contributed by atoms with van der Waals surface area (Å²) in [5, 5.41) is 10.8. The molecule has 0 fully saturated rings. The second-order valence-corrected chi connectivity index (χ2v) is 4.89. The van der Waals surface area contributed by atoms with Crippen LogP contribution in [0.25, 0.3) is 5.69 Å². The second-order valence-electron chi connectivity index (χ2n) is 4.89. The highest BCUT2D eigenvalue weighted by Gasteiger charge is 2.15. The SMILES string of the molecule is CC(C)[C@H](C)NC(=O)c1cn(-c2ccccc2)nn1. The number of para-hydroxylation sites is 1. The van der Waals surface area contributed by atoms with Crippen molar-refractivity contribution in [1.29, 1.82) is 0 Å². The summed E-state index contributed by atoms with van der Waals surface area (Å²) in [5.74, 6) is 0.191. The highest BCUT2D eigenvalue weighted by molar-refractivity contribution is 5.92. The number of hydrogen-bond donors (Lipinski definition) is 1. The van der Waals surface area contributed by atoms with Crippen LogP contribution in [-0.4, -0.2) is 26.9 Å². The lowest BCUT2D eigenvalue weighted by atomic mass is 10.1. The molecule has 1 atom stereocenters. The Morgan fingerprint density at radius 3 is 2.53 bits per heavy atom. The molecule has 0 aliphatic rings. The van der Waals surface area contributed by atoms with Gasteiger partial charge in [-0.05, 0) is 25.0 Å². The van der Waals surface area contributed by atoms with E-state index in [0.29, 0.717) is 11.6 Å². The van der Waals surface area contributed by atoms with Gasteiger partial charge in [-0.15, -0.1) is 5.10 Å². The first-order chi connectivity index (χ1) is 9.08. The number of nitrogens with one attached hydrogen (secondary N) is 1. The topological polar surface area (TPSA) is 59.8 Å². The minimum Gasteiger partial charge on any atom is -0.348 e. The Bertz CT molecular complexity index is 548. The monoisotopic (exact) mass is 258 g/mol. The molecule has 1 N–H and O–H groups in total. The van der Waals surface area contributed by atoms with E-state index in [1.54, 1.807) is 10.9 Å². The molecule has 0 bridgehead atoms. The maximum absolute atomic E-state index is 12.0. The molecule has 2 rings (SSSR count). The molecule has 5 heteroatoms. The van der Waals surface area contributed by atoms with Gasteiger partial charge >= 0.3 is 0 Å². The summed E-state index contributed by atoms with van der Waals surface area (Å²) < 4.78 is 1.59. The highest BCUT2D eigenvalue weighted by atomic mass is 16.2. The molecule has 100 valence electrons. The van der Waals surface area contributed by atoms with Crippen molar-refractivity contribution < 1.29 is 4.79 Å². The molecule has 1 aromatic carbocycles. The maximum Gasteiger partial charge on any atom is 0.273 e. The third-order valence-corrected chi connectivity index (χ3v) is 3.11. The van der Waals surface area contributed by atoms with Crippen LogP contribution in [-0.2, 0) is 0 Å². The molecule has 0 spiro atoms. The summed E-state index contributed by atoms with van der Waals surface area (Å²) in [7, 11) is 0. The molecule has 0 aliphatic carbocycles. The van der Waals surface area contributed by atoms with Crippen molar-refractivity contribution in [3.05, 3.63) is 42.2 Å². The minimum absolute atomic E-state index is 0.106. The smallest absolute Gasteiger partial charge is 0.273 e. The van der Waals surface area contributed by atoms with Gasteiger partial charge in [-0.1, -0.05) is 37.3 Å². The van der Waals surface area contributed by atoms with Crippen molar-refractivity contribution in [2.75, 3.05) is 0 Å². The first kappa shape index (κ1) is 13.3. The van der Waals surface area contributed by atoms with Gasteiger partial charge in [-0.3, -0.25) is 4.79 Å². The fraction of sp³-hybridized carbons (Fsp3) is 0.357. The van der Waals surface area contributed by atoms with Crippen molar-refractivity contribution in [3.63, 3.8) is 0 Å². The van der Waals surface area contributed by atoms with Gasteiger partial charge in [0.1, 0.15) is 0 Å². The molecule has 19 heavy (non-hydrogen) atoms. The van der Waals surface area contributed by atoms with E-state index in [1.165, 1.54) is 0 Å². The van der Waals surface area contributed by atoms with Crippen LogP contribution in [0, 0.1) is 5.92 Å². The number of nitrogens with zero attached hydrogens (tertiary/aromatic N) is 3. The van der Waals surface area contributed by atoms with Gasteiger partial charge in [-0.2, -0.15) is 0 Å². The molecule has 1 amide bonds. The Morgan fingerprint density at radius 2 is 1.89 bits per heavy atom. The zero-order valence-corrected chi connectivity index (χ0v) is 11.4. The first-order valence-corrected chi connectivity index (χ1v) is 6.36. The zero-order chi connectivity index (χ0) is 13.8. The van der Waals surface area contributed by atoms with Crippen LogP contribution in [0.1, 0.15) is 31.3 Å². The Labute approximate surface area is 112 Å². The minimum atomic E-state index is -0.191. The van der Waals surface area contributed by atoms with Crippen LogP contribution in [0.5, 0.6) is 0 Å². The normalized spacial score (nSPS) is 12.4. The molecular formula is C14H18N4O. The van der Waals surface area contributed by atoms with Gasteiger partial charge in [0.2, 0.25) is 0 Å². The van der Waals surface area contributed by atoms with E-state index in [2.05, 4.69) is 29.5 Å². The number of carbonyl (C=O) groups is 1. The Balaban J connectivity index is 2.11. The molecule has 2 aromatic rings. The van der Waals surface area contributed by atoms with Crippen LogP contribution in [0.2, 0.25) is 0 Å². The maximum atomic E-state index is 12.0. The van der Waals surface area contributed by atoms with E-state index >= 15 is 0 Å². The van der Waals surface area contributed by atoms with Crippen molar-refractivity contribution >= 4 is 5.91 Å². The number of carbonyl (C=O) groups excluding carboxylic acids is 1. The van der Waals surface area contributed by atoms with Crippen LogP contribution in [0.3, 0.4) is 0 Å². The average molecular weight is 258 g/mol. The number of amides is 1. The van der Waals surface area contributed by atoms with Crippen LogP contribution < -0.4 is 5.32 Å². The lowest BCUT2D eigenvalue weighted by Crippen LogP contribution is -2.36. The Hall–Kier alpha value is -2.17. The molecule has 1 aromatic heterocycles. The third-order valence-electron chi connectivity index (χ3n) is 3.11. The summed E-state index contributed by atoms with van der Waals surface area (Å²) in [6, 6.07) is 9.68. The van der Waals surface area contributed by atoms with Gasteiger partial charge in [0.05, 0.1) is 11.9 Å². The molecule has 0 unspecified atom stereocenters. The summed E-state index contributed by atoms with van der Waals surface area (Å²) in [6.07, 6.45) is 1.64. The molecule has 5 nitrogen and oxygen atoms in total. The van der Waals surface area contributed by atoms with Crippen molar-refractivity contribution in [2.24, 2.45) is 5.92 Å². The van der Waals surface area contributed by atoms with E-state index in [-0.39, 0.29) is 11.9 Å². The first-order valence-electron chi connectivity index (χ1n) is 6.36. The van der Waals surface area contributed by atoms with E-state index < -0.39 is 0 Å². The van der Waals surface area contributed by atoms with Crippen molar-refractivity contribution in [3.8, 4) is 5.69 Å². The van der Waals surface area contributed by atoms with Gasteiger partial charge in [0, 0.05) is 6.04 Å². The van der Waals surface area contributed by atoms with E-state index in [9.17, 15) is 4.79 Å². The van der Waals surface area contributed by atoms with Crippen LogP contribution in [0.15, 0.2) is 36.5 Å². The van der Waals surface area contributed by atoms with Gasteiger partial charge in [-0.25, -0.2) is 4.68 Å². The number of hydrogen-bond acceptors (Lipinski definition) is 3. The second kappa shape index (κ2) is 5.65. The quantitative estimate of drug-likeness (QED) is 0.913. The fourth-order valence-electron chi connectivity index (χ4n) is 1.52. The van der Waals surface area contributed by atoms with E-state index in [4.69, 9.17) is 0 Å². The van der Waals surface area contributed by atoms with Crippen LogP contribution >= 0.6 is 0 Å². The predicted octanol–water partition coefficient (Wildman–Crippen LogP) is 2.04. The lowest BCUT2D eigenvalue weighted by Gasteiger charge is -2.16. The third kappa shape index (κ3) is 3.19. The summed E-state index contributed by atoms with van der Waals surface area (Å²) in [6.45, 7) is 6.10.